The van der Waals surface area contributed by atoms with Gasteiger partial charge in [0.15, 0.2) is 0 Å². The minimum absolute atomic E-state index is 0.0847. The summed E-state index contributed by atoms with van der Waals surface area (Å²) in [5.41, 5.74) is 3.28. The van der Waals surface area contributed by atoms with Gasteiger partial charge in [0, 0.05) is 0 Å². The lowest BCUT2D eigenvalue weighted by Crippen LogP contribution is -2.12. The van der Waals surface area contributed by atoms with Crippen molar-refractivity contribution in [3.05, 3.63) is 35.4 Å². The number of benzene rings is 1. The highest BCUT2D eigenvalue weighted by molar-refractivity contribution is 5.39. The van der Waals surface area contributed by atoms with Crippen molar-refractivity contribution in [3.8, 4) is 0 Å². The maximum Gasteiger partial charge on any atom is 0.293 e. The summed E-state index contributed by atoms with van der Waals surface area (Å²) < 4.78 is 5.20. The van der Waals surface area contributed by atoms with Gasteiger partial charge in [0.1, 0.15) is 5.60 Å². The summed E-state index contributed by atoms with van der Waals surface area (Å²) in [5, 5.41) is 0. The van der Waals surface area contributed by atoms with Crippen molar-refractivity contribution in [2.45, 2.75) is 97.0 Å². The first kappa shape index (κ1) is 20.0. The molecule has 0 radical (unpaired) electrons. The molecule has 1 aromatic rings. The van der Waals surface area contributed by atoms with E-state index >= 15 is 0 Å². The van der Waals surface area contributed by atoms with Crippen LogP contribution in [0.4, 0.5) is 0 Å². The molecule has 2 rings (SSSR count). The van der Waals surface area contributed by atoms with Crippen molar-refractivity contribution < 1.29 is 9.53 Å². The summed E-state index contributed by atoms with van der Waals surface area (Å²) in [7, 11) is 0. The summed E-state index contributed by atoms with van der Waals surface area (Å²) in [6, 6.07) is 9.19. The zero-order valence-corrected chi connectivity index (χ0v) is 16.5. The van der Waals surface area contributed by atoms with Gasteiger partial charge in [-0.1, -0.05) is 57.9 Å². The van der Waals surface area contributed by atoms with Gasteiger partial charge < -0.3 is 4.74 Å². The molecule has 0 saturated heterocycles. The number of hydrogen-bond donors (Lipinski definition) is 0. The van der Waals surface area contributed by atoms with Gasteiger partial charge in [0.2, 0.25) is 0 Å². The molecule has 1 fully saturated rings. The monoisotopic (exact) mass is 344 g/mol. The van der Waals surface area contributed by atoms with Gasteiger partial charge >= 0.3 is 0 Å². The van der Waals surface area contributed by atoms with Crippen LogP contribution in [-0.2, 0) is 22.4 Å². The fourth-order valence-electron chi connectivity index (χ4n) is 3.48. The maximum atomic E-state index is 10.5. The second-order valence-corrected chi connectivity index (χ2v) is 9.04. The third-order valence-corrected chi connectivity index (χ3v) is 5.37. The highest BCUT2D eigenvalue weighted by Crippen LogP contribution is 2.43. The normalized spacial score (nSPS) is 15.8. The number of hydrogen-bond acceptors (Lipinski definition) is 2. The molecule has 0 bridgehead atoms. The van der Waals surface area contributed by atoms with Gasteiger partial charge in [-0.2, -0.15) is 0 Å². The molecule has 1 aromatic carbocycles. The van der Waals surface area contributed by atoms with Crippen molar-refractivity contribution in [1.82, 2.24) is 0 Å². The first-order valence-electron chi connectivity index (χ1n) is 10.1. The third-order valence-electron chi connectivity index (χ3n) is 5.37. The number of unbranched alkanes of at least 4 members (excludes halogenated alkanes) is 3. The lowest BCUT2D eigenvalue weighted by molar-refractivity contribution is -0.135. The first-order chi connectivity index (χ1) is 11.9. The van der Waals surface area contributed by atoms with Crippen LogP contribution in [0, 0.1) is 5.41 Å². The highest BCUT2D eigenvalue weighted by atomic mass is 16.5. The molecule has 0 aromatic heterocycles. The molecule has 1 aliphatic rings. The molecule has 2 nitrogen and oxygen atoms in total. The molecule has 0 unspecified atom stereocenters. The van der Waals surface area contributed by atoms with Gasteiger partial charge in [-0.15, -0.1) is 0 Å². The molecule has 1 saturated carbocycles. The van der Waals surface area contributed by atoms with Gasteiger partial charge in [-0.25, -0.2) is 0 Å². The minimum atomic E-state index is -0.0847. The quantitative estimate of drug-likeness (QED) is 0.331. The van der Waals surface area contributed by atoms with Crippen molar-refractivity contribution in [3.63, 3.8) is 0 Å². The summed E-state index contributed by atoms with van der Waals surface area (Å²) in [6.07, 6.45) is 13.1. The van der Waals surface area contributed by atoms with E-state index in [-0.39, 0.29) is 5.60 Å². The Labute approximate surface area is 154 Å². The van der Waals surface area contributed by atoms with Gasteiger partial charge in [-0.05, 0) is 74.3 Å². The van der Waals surface area contributed by atoms with Crippen LogP contribution in [0.25, 0.3) is 0 Å². The molecular formula is C23H36O2. The van der Waals surface area contributed by atoms with Crippen LogP contribution in [0.15, 0.2) is 24.3 Å². The van der Waals surface area contributed by atoms with Crippen LogP contribution in [0.3, 0.4) is 0 Å². The van der Waals surface area contributed by atoms with E-state index < -0.39 is 0 Å². The second-order valence-electron chi connectivity index (χ2n) is 9.04. The van der Waals surface area contributed by atoms with E-state index in [1.165, 1.54) is 49.7 Å². The SMILES string of the molecule is CC(C)(C)CCCCCc1ccc(CCCCC2(OC=O)CC2)cc1. The molecule has 0 amide bonds. The van der Waals surface area contributed by atoms with E-state index in [0.717, 1.165) is 32.1 Å². The van der Waals surface area contributed by atoms with Crippen molar-refractivity contribution in [1.29, 1.82) is 0 Å². The average molecular weight is 345 g/mol. The van der Waals surface area contributed by atoms with E-state index in [1.54, 1.807) is 0 Å². The van der Waals surface area contributed by atoms with Crippen LogP contribution >= 0.6 is 0 Å². The summed E-state index contributed by atoms with van der Waals surface area (Å²) in [5.74, 6) is 0. The lowest BCUT2D eigenvalue weighted by Gasteiger charge is -2.17. The fourth-order valence-corrected chi connectivity index (χ4v) is 3.48. The van der Waals surface area contributed by atoms with Crippen LogP contribution in [0.2, 0.25) is 0 Å². The number of carbonyl (C=O) groups excluding carboxylic acids is 1. The topological polar surface area (TPSA) is 26.3 Å². The lowest BCUT2D eigenvalue weighted by atomic mass is 9.89. The van der Waals surface area contributed by atoms with E-state index in [4.69, 9.17) is 4.74 Å². The summed E-state index contributed by atoms with van der Waals surface area (Å²) >= 11 is 0. The molecule has 0 aliphatic heterocycles. The Morgan fingerprint density at radius 3 is 1.96 bits per heavy atom. The minimum Gasteiger partial charge on any atom is -0.461 e. The molecule has 0 spiro atoms. The maximum absolute atomic E-state index is 10.5. The van der Waals surface area contributed by atoms with Crippen LogP contribution < -0.4 is 0 Å². The molecule has 140 valence electrons. The fraction of sp³-hybridized carbons (Fsp3) is 0.696. The molecule has 0 atom stereocenters. The Balaban J connectivity index is 1.57. The number of ether oxygens (including phenoxy) is 1. The predicted octanol–water partition coefficient (Wildman–Crippen LogP) is 6.25. The molecule has 25 heavy (non-hydrogen) atoms. The molecule has 0 heterocycles. The Morgan fingerprint density at radius 1 is 0.920 bits per heavy atom. The first-order valence-corrected chi connectivity index (χ1v) is 10.1. The highest BCUT2D eigenvalue weighted by Gasteiger charge is 2.44. The van der Waals surface area contributed by atoms with Crippen molar-refractivity contribution >= 4 is 6.47 Å². The standard InChI is InChI=1S/C23H36O2/c1-22(2,3)15-7-4-5-9-20-11-13-21(14-12-20)10-6-8-16-23(17-18-23)25-19-24/h11-14,19H,4-10,15-18H2,1-3H3. The zero-order chi connectivity index (χ0) is 18.2. The number of carbonyl (C=O) groups is 1. The van der Waals surface area contributed by atoms with E-state index in [0.29, 0.717) is 11.9 Å². The largest absolute Gasteiger partial charge is 0.461 e. The molecule has 1 aliphatic carbocycles. The van der Waals surface area contributed by atoms with Crippen LogP contribution in [0.5, 0.6) is 0 Å². The summed E-state index contributed by atoms with van der Waals surface area (Å²) in [4.78, 5) is 10.5. The van der Waals surface area contributed by atoms with Gasteiger partial charge in [0.25, 0.3) is 6.47 Å². The van der Waals surface area contributed by atoms with Crippen LogP contribution in [0.1, 0.15) is 89.7 Å². The third kappa shape index (κ3) is 8.07. The average Bonchev–Trinajstić information content (AvgIpc) is 3.32. The Bertz CT molecular complexity index is 506. The van der Waals surface area contributed by atoms with Crippen molar-refractivity contribution in [2.24, 2.45) is 5.41 Å². The van der Waals surface area contributed by atoms with Crippen LogP contribution in [-0.4, -0.2) is 12.1 Å². The Morgan fingerprint density at radius 2 is 1.48 bits per heavy atom. The zero-order valence-electron chi connectivity index (χ0n) is 16.5. The number of aryl methyl sites for hydroxylation is 2. The molecule has 2 heteroatoms. The Kier molecular flexibility index (Phi) is 7.53. The summed E-state index contributed by atoms with van der Waals surface area (Å²) in [6.45, 7) is 7.59. The van der Waals surface area contributed by atoms with Gasteiger partial charge in [0.05, 0.1) is 0 Å². The second kappa shape index (κ2) is 9.40. The Hall–Kier alpha value is -1.31. The molecule has 0 N–H and O–H groups in total. The number of rotatable bonds is 12. The predicted molar refractivity (Wildman–Crippen MR) is 105 cm³/mol. The molecular weight excluding hydrogens is 308 g/mol. The van der Waals surface area contributed by atoms with E-state index in [9.17, 15) is 4.79 Å². The van der Waals surface area contributed by atoms with Crippen molar-refractivity contribution in [2.75, 3.05) is 0 Å². The van der Waals surface area contributed by atoms with Gasteiger partial charge in [-0.3, -0.25) is 4.79 Å². The van der Waals surface area contributed by atoms with E-state index in [1.807, 2.05) is 0 Å². The van der Waals surface area contributed by atoms with E-state index in [2.05, 4.69) is 45.0 Å². The smallest absolute Gasteiger partial charge is 0.293 e.